The molecule has 2 N–H and O–H groups in total. The molecule has 0 atom stereocenters. The molecule has 0 unspecified atom stereocenters. The van der Waals surface area contributed by atoms with Gasteiger partial charge in [-0.3, -0.25) is 4.72 Å². The first-order valence-corrected chi connectivity index (χ1v) is 8.07. The molecule has 0 saturated heterocycles. The molecule has 0 saturated carbocycles. The first-order chi connectivity index (χ1) is 10.8. The van der Waals surface area contributed by atoms with E-state index in [0.29, 0.717) is 17.4 Å². The van der Waals surface area contributed by atoms with Crippen molar-refractivity contribution < 1.29 is 39.9 Å². The number of alkyl halides is 6. The number of aliphatic hydroxyl groups excluding tert-OH is 1. The van der Waals surface area contributed by atoms with Crippen LogP contribution in [0.2, 0.25) is 0 Å². The summed E-state index contributed by atoms with van der Waals surface area (Å²) in [5.74, 6) is -1.89. The monoisotopic (exact) mass is 392 g/mol. The topological polar surface area (TPSA) is 79.3 Å². The molecule has 1 aromatic heterocycles. The zero-order chi connectivity index (χ0) is 18.3. The van der Waals surface area contributed by atoms with Gasteiger partial charge in [-0.15, -0.1) is 11.3 Å². The fourth-order valence-corrected chi connectivity index (χ4v) is 2.98. The third-order valence-corrected chi connectivity index (χ3v) is 4.59. The molecule has 5 nitrogen and oxygen atoms in total. The average Bonchev–Trinajstić information content (AvgIpc) is 2.77. The van der Waals surface area contributed by atoms with Gasteiger partial charge in [-0.2, -0.15) is 34.8 Å². The second kappa shape index (κ2) is 5.81. The number of anilines is 1. The van der Waals surface area contributed by atoms with Gasteiger partial charge in [0.1, 0.15) is 5.01 Å². The lowest BCUT2D eigenvalue weighted by molar-refractivity contribution is -0.119. The first kappa shape index (κ1) is 18.3. The predicted octanol–water partition coefficient (Wildman–Crippen LogP) is 4.02. The van der Waals surface area contributed by atoms with Gasteiger partial charge in [0.2, 0.25) is 5.76 Å². The molecule has 0 bridgehead atoms. The van der Waals surface area contributed by atoms with Crippen molar-refractivity contribution in [3.8, 4) is 0 Å². The van der Waals surface area contributed by atoms with Crippen molar-refractivity contribution in [3.63, 3.8) is 0 Å². The van der Waals surface area contributed by atoms with Gasteiger partial charge in [-0.05, 0) is 18.2 Å². The molecule has 24 heavy (non-hydrogen) atoms. The van der Waals surface area contributed by atoms with Crippen LogP contribution in [0.4, 0.5) is 32.0 Å². The minimum atomic E-state index is -5.62. The zero-order valence-electron chi connectivity index (χ0n) is 11.1. The Kier molecular flexibility index (Phi) is 4.43. The van der Waals surface area contributed by atoms with Crippen LogP contribution >= 0.6 is 11.3 Å². The Hall–Kier alpha value is -2.02. The van der Waals surface area contributed by atoms with E-state index in [2.05, 4.69) is 4.98 Å². The number of allylic oxidation sites excluding steroid dienone is 1. The highest BCUT2D eigenvalue weighted by atomic mass is 32.2. The van der Waals surface area contributed by atoms with Crippen molar-refractivity contribution in [3.05, 3.63) is 29.0 Å². The van der Waals surface area contributed by atoms with Crippen molar-refractivity contribution in [2.45, 2.75) is 11.7 Å². The number of halogens is 6. The molecule has 2 rings (SSSR count). The van der Waals surface area contributed by atoms with E-state index in [1.54, 1.807) is 0 Å². The zero-order valence-corrected chi connectivity index (χ0v) is 12.7. The number of hydrogen-bond donors (Lipinski definition) is 2. The van der Waals surface area contributed by atoms with Crippen LogP contribution in [-0.2, 0) is 10.0 Å². The van der Waals surface area contributed by atoms with Crippen molar-refractivity contribution >= 4 is 43.3 Å². The van der Waals surface area contributed by atoms with Crippen molar-refractivity contribution in [2.75, 3.05) is 4.72 Å². The molecule has 0 aliphatic rings. The summed E-state index contributed by atoms with van der Waals surface area (Å²) in [5, 5.41) is 8.59. The minimum absolute atomic E-state index is 0.121. The number of aliphatic hydroxyl groups is 1. The molecular weight excluding hydrogens is 386 g/mol. The first-order valence-electron chi connectivity index (χ1n) is 5.77. The van der Waals surface area contributed by atoms with Crippen LogP contribution in [0.1, 0.15) is 5.01 Å². The highest BCUT2D eigenvalue weighted by Gasteiger charge is 2.46. The fourth-order valence-electron chi connectivity index (χ4n) is 1.48. The molecule has 13 heteroatoms. The van der Waals surface area contributed by atoms with E-state index < -0.39 is 33.2 Å². The summed E-state index contributed by atoms with van der Waals surface area (Å²) in [5.41, 5.74) is -5.82. The Morgan fingerprint density at radius 3 is 2.38 bits per heavy atom. The van der Waals surface area contributed by atoms with Crippen LogP contribution in [0.5, 0.6) is 0 Å². The second-order valence-corrected chi connectivity index (χ2v) is 7.05. The fraction of sp³-hybridized carbons (Fsp3) is 0.182. The van der Waals surface area contributed by atoms with Crippen LogP contribution in [0.25, 0.3) is 16.3 Å². The lowest BCUT2D eigenvalue weighted by atomic mass is 10.3. The van der Waals surface area contributed by atoms with Crippen LogP contribution in [0.3, 0.4) is 0 Å². The molecule has 0 amide bonds. The maximum atomic E-state index is 12.3. The van der Waals surface area contributed by atoms with Gasteiger partial charge in [0, 0.05) is 6.08 Å². The lowest BCUT2D eigenvalue weighted by Gasteiger charge is -2.10. The maximum absolute atomic E-state index is 12.3. The van der Waals surface area contributed by atoms with Gasteiger partial charge in [-0.25, -0.2) is 4.98 Å². The van der Waals surface area contributed by atoms with Crippen LogP contribution in [-0.4, -0.2) is 30.2 Å². The van der Waals surface area contributed by atoms with Gasteiger partial charge >= 0.3 is 21.7 Å². The van der Waals surface area contributed by atoms with E-state index in [-0.39, 0.29) is 15.2 Å². The number of nitrogens with one attached hydrogen (secondary N) is 1. The third-order valence-electron chi connectivity index (χ3n) is 2.51. The summed E-state index contributed by atoms with van der Waals surface area (Å²) in [7, 11) is -5.62. The standard InChI is InChI=1S/C11H6F6N2O3S2/c12-10(13,14)8(20)4-9-18-6-2-1-5(3-7(6)23-9)19-24(21,22)11(15,16)17/h1-4,19-20H/b8-4-. The van der Waals surface area contributed by atoms with Gasteiger partial charge in [-0.1, -0.05) is 0 Å². The summed E-state index contributed by atoms with van der Waals surface area (Å²) in [6, 6.07) is 3.09. The Morgan fingerprint density at radius 1 is 1.21 bits per heavy atom. The SMILES string of the molecule is O=S(=O)(Nc1ccc2nc(/C=C(\O)C(F)(F)F)sc2c1)C(F)(F)F. The number of sulfonamides is 1. The lowest BCUT2D eigenvalue weighted by Crippen LogP contribution is -2.29. The highest BCUT2D eigenvalue weighted by Crippen LogP contribution is 2.31. The molecule has 0 spiro atoms. The predicted molar refractivity (Wildman–Crippen MR) is 74.9 cm³/mol. The third kappa shape index (κ3) is 3.90. The number of nitrogens with zero attached hydrogens (tertiary/aromatic N) is 1. The second-order valence-electron chi connectivity index (χ2n) is 4.31. The molecule has 0 radical (unpaired) electrons. The quantitative estimate of drug-likeness (QED) is 0.611. The average molecular weight is 392 g/mol. The molecule has 1 heterocycles. The Labute approximate surface area is 134 Å². The van der Waals surface area contributed by atoms with Crippen molar-refractivity contribution in [2.24, 2.45) is 0 Å². The minimum Gasteiger partial charge on any atom is -0.504 e. The van der Waals surface area contributed by atoms with Gasteiger partial charge < -0.3 is 5.11 Å². The van der Waals surface area contributed by atoms with Crippen molar-refractivity contribution in [1.29, 1.82) is 0 Å². The molecule has 132 valence electrons. The molecule has 0 aliphatic carbocycles. The van der Waals surface area contributed by atoms with Crippen LogP contribution < -0.4 is 4.72 Å². The summed E-state index contributed by atoms with van der Waals surface area (Å²) >= 11 is 0.626. The normalized spacial score (nSPS) is 14.2. The summed E-state index contributed by atoms with van der Waals surface area (Å²) in [4.78, 5) is 3.74. The van der Waals surface area contributed by atoms with E-state index in [4.69, 9.17) is 5.11 Å². The highest BCUT2D eigenvalue weighted by molar-refractivity contribution is 7.93. The maximum Gasteiger partial charge on any atom is 0.516 e. The summed E-state index contributed by atoms with van der Waals surface area (Å²) in [6.45, 7) is 0. The largest absolute Gasteiger partial charge is 0.516 e. The molecule has 1 aromatic carbocycles. The van der Waals surface area contributed by atoms with Crippen LogP contribution in [0, 0.1) is 0 Å². The van der Waals surface area contributed by atoms with E-state index >= 15 is 0 Å². The smallest absolute Gasteiger partial charge is 0.504 e. The Balaban J connectivity index is 2.37. The summed E-state index contributed by atoms with van der Waals surface area (Å²) in [6.07, 6.45) is -4.62. The van der Waals surface area contributed by atoms with Gasteiger partial charge in [0.25, 0.3) is 0 Å². The number of fused-ring (bicyclic) bond motifs is 1. The molecule has 0 fully saturated rings. The van der Waals surface area contributed by atoms with E-state index in [1.165, 1.54) is 4.72 Å². The van der Waals surface area contributed by atoms with Gasteiger partial charge in [0.15, 0.2) is 0 Å². The van der Waals surface area contributed by atoms with E-state index in [9.17, 15) is 34.8 Å². The number of thiazole rings is 1. The Bertz CT molecular complexity index is 899. The number of benzene rings is 1. The van der Waals surface area contributed by atoms with E-state index in [1.807, 2.05) is 0 Å². The summed E-state index contributed by atoms with van der Waals surface area (Å²) < 4.78 is 97.0. The number of hydrogen-bond acceptors (Lipinski definition) is 5. The van der Waals surface area contributed by atoms with Crippen molar-refractivity contribution in [1.82, 2.24) is 4.98 Å². The number of aromatic nitrogens is 1. The molecule has 2 aromatic rings. The Morgan fingerprint density at radius 2 is 1.83 bits per heavy atom. The van der Waals surface area contributed by atoms with E-state index in [0.717, 1.165) is 18.2 Å². The van der Waals surface area contributed by atoms with Crippen LogP contribution in [0.15, 0.2) is 24.0 Å². The van der Waals surface area contributed by atoms with Gasteiger partial charge in [0.05, 0.1) is 15.9 Å². The number of rotatable bonds is 3. The molecule has 0 aliphatic heterocycles. The molecular formula is C11H6F6N2O3S2.